The van der Waals surface area contributed by atoms with Gasteiger partial charge in [0.05, 0.1) is 26.9 Å². The predicted molar refractivity (Wildman–Crippen MR) is 90.5 cm³/mol. The van der Waals surface area contributed by atoms with Gasteiger partial charge in [0.2, 0.25) is 5.78 Å². The number of carboxylic acid groups (broad SMARTS) is 1. The van der Waals surface area contributed by atoms with Crippen LogP contribution in [0.5, 0.6) is 11.5 Å². The molecule has 6 heteroatoms. The summed E-state index contributed by atoms with van der Waals surface area (Å²) in [5.41, 5.74) is 1.42. The quantitative estimate of drug-likeness (QED) is 0.693. The first-order valence-corrected chi connectivity index (χ1v) is 7.52. The van der Waals surface area contributed by atoms with Gasteiger partial charge in [0.25, 0.3) is 0 Å². The highest BCUT2D eigenvalue weighted by Crippen LogP contribution is 2.35. The topological polar surface area (TPSA) is 86.0 Å². The lowest BCUT2D eigenvalue weighted by Gasteiger charge is -2.13. The van der Waals surface area contributed by atoms with E-state index >= 15 is 0 Å². The van der Waals surface area contributed by atoms with E-state index in [0.717, 1.165) is 0 Å². The van der Waals surface area contributed by atoms with Crippen LogP contribution in [0.1, 0.15) is 21.5 Å². The molecular formula is C19H16O6. The molecule has 128 valence electrons. The predicted octanol–water partition coefficient (Wildman–Crippen LogP) is 3.31. The number of rotatable bonds is 6. The molecule has 0 spiro atoms. The average molecular weight is 340 g/mol. The van der Waals surface area contributed by atoms with Gasteiger partial charge in [0.1, 0.15) is 22.6 Å². The SMILES string of the molecule is COc1ccc(C(=O)c2c(OC)c(CC(=O)O)cc3ccoc23)cc1. The van der Waals surface area contributed by atoms with Gasteiger partial charge in [0, 0.05) is 16.5 Å². The Bertz CT molecular complexity index is 936. The highest BCUT2D eigenvalue weighted by molar-refractivity contribution is 6.17. The Kier molecular flexibility index (Phi) is 4.43. The molecule has 2 aromatic carbocycles. The second kappa shape index (κ2) is 6.68. The van der Waals surface area contributed by atoms with E-state index < -0.39 is 5.97 Å². The fourth-order valence-electron chi connectivity index (χ4n) is 2.77. The van der Waals surface area contributed by atoms with Gasteiger partial charge in [-0.05, 0) is 36.4 Å². The molecule has 0 saturated heterocycles. The molecule has 1 heterocycles. The standard InChI is InChI=1S/C19H16O6/c1-23-14-5-3-11(4-6-14)17(22)16-18(24-2)13(10-15(20)21)9-12-7-8-25-19(12)16/h3-9H,10H2,1-2H3,(H,20,21). The maximum Gasteiger partial charge on any atom is 0.307 e. The molecule has 3 aromatic rings. The zero-order valence-electron chi connectivity index (χ0n) is 13.7. The summed E-state index contributed by atoms with van der Waals surface area (Å²) in [4.78, 5) is 24.2. The minimum atomic E-state index is -1.01. The number of ether oxygens (including phenoxy) is 2. The number of aliphatic carboxylic acids is 1. The average Bonchev–Trinajstić information content (AvgIpc) is 3.07. The molecule has 0 aliphatic rings. The molecule has 0 bridgehead atoms. The van der Waals surface area contributed by atoms with Crippen molar-refractivity contribution >= 4 is 22.7 Å². The number of carboxylic acids is 1. The first-order chi connectivity index (χ1) is 12.0. The maximum atomic E-state index is 13.0. The normalized spacial score (nSPS) is 10.6. The van der Waals surface area contributed by atoms with Crippen LogP contribution in [0.25, 0.3) is 11.0 Å². The Labute approximate surface area is 143 Å². The van der Waals surface area contributed by atoms with E-state index in [2.05, 4.69) is 0 Å². The third-order valence-electron chi connectivity index (χ3n) is 3.90. The molecule has 0 aliphatic carbocycles. The number of carbonyl (C=O) groups is 2. The summed E-state index contributed by atoms with van der Waals surface area (Å²) in [6, 6.07) is 9.99. The van der Waals surface area contributed by atoms with Crippen molar-refractivity contribution in [1.29, 1.82) is 0 Å². The van der Waals surface area contributed by atoms with E-state index in [0.29, 0.717) is 27.8 Å². The van der Waals surface area contributed by atoms with Gasteiger partial charge in [-0.25, -0.2) is 0 Å². The van der Waals surface area contributed by atoms with Gasteiger partial charge in [-0.15, -0.1) is 0 Å². The zero-order chi connectivity index (χ0) is 18.0. The number of fused-ring (bicyclic) bond motifs is 1. The number of benzene rings is 2. The lowest BCUT2D eigenvalue weighted by Crippen LogP contribution is -2.09. The molecule has 0 unspecified atom stereocenters. The monoisotopic (exact) mass is 340 g/mol. The lowest BCUT2D eigenvalue weighted by atomic mass is 9.96. The van der Waals surface area contributed by atoms with Crippen LogP contribution in [-0.4, -0.2) is 31.1 Å². The van der Waals surface area contributed by atoms with E-state index in [-0.39, 0.29) is 23.5 Å². The Hall–Kier alpha value is -3.28. The molecule has 0 fully saturated rings. The van der Waals surface area contributed by atoms with Gasteiger partial charge in [-0.1, -0.05) is 0 Å². The van der Waals surface area contributed by atoms with Crippen LogP contribution >= 0.6 is 0 Å². The first-order valence-electron chi connectivity index (χ1n) is 7.52. The van der Waals surface area contributed by atoms with Crippen LogP contribution in [0.2, 0.25) is 0 Å². The van der Waals surface area contributed by atoms with Gasteiger partial charge in [-0.2, -0.15) is 0 Å². The summed E-state index contributed by atoms with van der Waals surface area (Å²) in [7, 11) is 2.95. The summed E-state index contributed by atoms with van der Waals surface area (Å²) >= 11 is 0. The van der Waals surface area contributed by atoms with Crippen molar-refractivity contribution in [3.05, 3.63) is 59.4 Å². The van der Waals surface area contributed by atoms with Gasteiger partial charge >= 0.3 is 5.97 Å². The van der Waals surface area contributed by atoms with Crippen LogP contribution < -0.4 is 9.47 Å². The number of carbonyl (C=O) groups excluding carboxylic acids is 1. The second-order valence-electron chi connectivity index (χ2n) is 5.41. The number of ketones is 1. The van der Waals surface area contributed by atoms with Crippen LogP contribution in [0.4, 0.5) is 0 Å². The van der Waals surface area contributed by atoms with Crippen LogP contribution in [0.15, 0.2) is 47.1 Å². The van der Waals surface area contributed by atoms with Gasteiger partial charge in [-0.3, -0.25) is 9.59 Å². The molecule has 1 aromatic heterocycles. The van der Waals surface area contributed by atoms with Crippen LogP contribution in [0.3, 0.4) is 0 Å². The highest BCUT2D eigenvalue weighted by Gasteiger charge is 2.24. The molecular weight excluding hydrogens is 324 g/mol. The molecule has 0 saturated carbocycles. The third kappa shape index (κ3) is 3.06. The smallest absolute Gasteiger partial charge is 0.307 e. The number of methoxy groups -OCH3 is 2. The molecule has 3 rings (SSSR count). The van der Waals surface area contributed by atoms with E-state index in [1.807, 2.05) is 0 Å². The molecule has 0 radical (unpaired) electrons. The minimum Gasteiger partial charge on any atom is -0.497 e. The third-order valence-corrected chi connectivity index (χ3v) is 3.90. The molecule has 0 aliphatic heterocycles. The van der Waals surface area contributed by atoms with Crippen molar-refractivity contribution < 1.29 is 28.6 Å². The molecule has 1 N–H and O–H groups in total. The van der Waals surface area contributed by atoms with Gasteiger partial charge in [0.15, 0.2) is 0 Å². The Morgan fingerprint density at radius 2 is 1.80 bits per heavy atom. The Morgan fingerprint density at radius 3 is 2.40 bits per heavy atom. The van der Waals surface area contributed by atoms with Crippen molar-refractivity contribution in [2.45, 2.75) is 6.42 Å². The number of hydrogen-bond acceptors (Lipinski definition) is 5. The number of hydrogen-bond donors (Lipinski definition) is 1. The van der Waals surface area contributed by atoms with Crippen LogP contribution in [-0.2, 0) is 11.2 Å². The summed E-state index contributed by atoms with van der Waals surface area (Å²) in [6.07, 6.45) is 1.20. The Morgan fingerprint density at radius 1 is 1.08 bits per heavy atom. The van der Waals surface area contributed by atoms with Gasteiger partial charge < -0.3 is 19.0 Å². The summed E-state index contributed by atoms with van der Waals surface area (Å²) < 4.78 is 15.9. The molecule has 25 heavy (non-hydrogen) atoms. The van der Waals surface area contributed by atoms with Crippen molar-refractivity contribution in [2.75, 3.05) is 14.2 Å². The zero-order valence-corrected chi connectivity index (χ0v) is 13.7. The van der Waals surface area contributed by atoms with E-state index in [1.165, 1.54) is 13.4 Å². The van der Waals surface area contributed by atoms with E-state index in [1.54, 1.807) is 43.5 Å². The minimum absolute atomic E-state index is 0.214. The summed E-state index contributed by atoms with van der Waals surface area (Å²) in [5, 5.41) is 9.78. The van der Waals surface area contributed by atoms with Crippen molar-refractivity contribution in [2.24, 2.45) is 0 Å². The van der Waals surface area contributed by atoms with Crippen molar-refractivity contribution in [3.63, 3.8) is 0 Å². The fourth-order valence-corrected chi connectivity index (χ4v) is 2.77. The lowest BCUT2D eigenvalue weighted by molar-refractivity contribution is -0.136. The second-order valence-corrected chi connectivity index (χ2v) is 5.41. The van der Waals surface area contributed by atoms with Crippen molar-refractivity contribution in [1.82, 2.24) is 0 Å². The fraction of sp³-hybridized carbons (Fsp3) is 0.158. The first kappa shape index (κ1) is 16.6. The molecule has 0 atom stereocenters. The van der Waals surface area contributed by atoms with Crippen molar-refractivity contribution in [3.8, 4) is 11.5 Å². The van der Waals surface area contributed by atoms with E-state index in [9.17, 15) is 9.59 Å². The molecule has 0 amide bonds. The number of furan rings is 1. The highest BCUT2D eigenvalue weighted by atomic mass is 16.5. The van der Waals surface area contributed by atoms with Crippen LogP contribution in [0, 0.1) is 0 Å². The molecule has 6 nitrogen and oxygen atoms in total. The van der Waals surface area contributed by atoms with E-state index in [4.69, 9.17) is 19.0 Å². The summed E-state index contributed by atoms with van der Waals surface area (Å²) in [5.74, 6) is -0.479. The summed E-state index contributed by atoms with van der Waals surface area (Å²) in [6.45, 7) is 0. The maximum absolute atomic E-state index is 13.0. The Balaban J connectivity index is 2.19. The largest absolute Gasteiger partial charge is 0.497 e.